The van der Waals surface area contributed by atoms with Gasteiger partial charge in [-0.1, -0.05) is 55.0 Å². The molecule has 0 radical (unpaired) electrons. The van der Waals surface area contributed by atoms with Gasteiger partial charge in [0.2, 0.25) is 0 Å². The second kappa shape index (κ2) is 7.39. The number of benzene rings is 3. The number of carbonyl (C=O) groups excluding carboxylic acids is 1. The van der Waals surface area contributed by atoms with Crippen LogP contribution in [0.5, 0.6) is 0 Å². The molecule has 2 aliphatic carbocycles. The van der Waals surface area contributed by atoms with E-state index < -0.39 is 0 Å². The van der Waals surface area contributed by atoms with E-state index in [-0.39, 0.29) is 0 Å². The summed E-state index contributed by atoms with van der Waals surface area (Å²) in [7, 11) is 0. The molecular formula is C24H26O. The van der Waals surface area contributed by atoms with Crippen LogP contribution in [0.3, 0.4) is 0 Å². The number of hydrogen-bond donors (Lipinski definition) is 0. The monoisotopic (exact) mass is 330 g/mol. The third kappa shape index (κ3) is 3.46. The first kappa shape index (κ1) is 16.3. The smallest absolute Gasteiger partial charge is 0.132 e. The zero-order valence-corrected chi connectivity index (χ0v) is 14.9. The molecule has 25 heavy (non-hydrogen) atoms. The third-order valence-electron chi connectivity index (χ3n) is 5.67. The maximum atomic E-state index is 10.5. The van der Waals surface area contributed by atoms with Crippen molar-refractivity contribution in [3.05, 3.63) is 59.7 Å². The maximum absolute atomic E-state index is 10.5. The highest BCUT2D eigenvalue weighted by Crippen LogP contribution is 2.33. The summed E-state index contributed by atoms with van der Waals surface area (Å²) >= 11 is 0. The Labute approximate surface area is 150 Å². The summed E-state index contributed by atoms with van der Waals surface area (Å²) in [6.45, 7) is 0. The topological polar surface area (TPSA) is 17.1 Å². The molecule has 1 saturated carbocycles. The van der Waals surface area contributed by atoms with E-state index in [1.54, 1.807) is 11.1 Å². The first-order valence-electron chi connectivity index (χ1n) is 9.77. The lowest BCUT2D eigenvalue weighted by molar-refractivity contribution is -0.120. The third-order valence-corrected chi connectivity index (χ3v) is 5.67. The Bertz CT molecular complexity index is 899. The molecule has 1 nitrogen and oxygen atoms in total. The van der Waals surface area contributed by atoms with Crippen LogP contribution >= 0.6 is 0 Å². The van der Waals surface area contributed by atoms with Gasteiger partial charge in [-0.2, -0.15) is 0 Å². The molecule has 128 valence electrons. The van der Waals surface area contributed by atoms with Gasteiger partial charge in [0.1, 0.15) is 5.78 Å². The van der Waals surface area contributed by atoms with Crippen LogP contribution in [0.4, 0.5) is 0 Å². The summed E-state index contributed by atoms with van der Waals surface area (Å²) in [5.74, 6) is 0.464. The molecule has 0 aromatic heterocycles. The molecule has 0 aliphatic heterocycles. The summed E-state index contributed by atoms with van der Waals surface area (Å²) in [5, 5.41) is 5.64. The van der Waals surface area contributed by atoms with Crippen molar-refractivity contribution in [2.75, 3.05) is 0 Å². The summed E-state index contributed by atoms with van der Waals surface area (Å²) in [4.78, 5) is 10.5. The van der Waals surface area contributed by atoms with Gasteiger partial charge < -0.3 is 0 Å². The second-order valence-corrected chi connectivity index (χ2v) is 7.39. The van der Waals surface area contributed by atoms with Gasteiger partial charge in [-0.3, -0.25) is 4.79 Å². The molecule has 0 unspecified atom stereocenters. The SMILES string of the molecule is O=C1CCCCC1.c1ccc2c(c1)ccc1c3c(ccc12)CCCC3. The normalized spacial score (nSPS) is 17.0. The number of fused-ring (bicyclic) bond motifs is 5. The van der Waals surface area contributed by atoms with Crippen LogP contribution < -0.4 is 0 Å². The van der Waals surface area contributed by atoms with Crippen molar-refractivity contribution in [2.24, 2.45) is 0 Å². The van der Waals surface area contributed by atoms with Crippen molar-refractivity contribution >= 4 is 27.3 Å². The number of carbonyl (C=O) groups is 1. The van der Waals surface area contributed by atoms with Gasteiger partial charge in [-0.25, -0.2) is 0 Å². The summed E-state index contributed by atoms with van der Waals surface area (Å²) in [6.07, 6.45) is 10.5. The van der Waals surface area contributed by atoms with Crippen molar-refractivity contribution in [1.29, 1.82) is 0 Å². The summed E-state index contributed by atoms with van der Waals surface area (Å²) < 4.78 is 0. The zero-order chi connectivity index (χ0) is 17.1. The number of aryl methyl sites for hydroxylation is 2. The molecule has 0 saturated heterocycles. The molecule has 0 N–H and O–H groups in total. The molecule has 3 aromatic rings. The standard InChI is InChI=1S/C18H16.C6H10O/c1-3-7-15-13(5-1)9-11-18-16-8-4-2-6-14(16)10-12-17(15)18;7-6-4-2-1-3-5-6/h1,3,5,7,9-12H,2,4,6,8H2;1-5H2. The Hall–Kier alpha value is -2.15. The van der Waals surface area contributed by atoms with E-state index in [9.17, 15) is 4.79 Å². The lowest BCUT2D eigenvalue weighted by Crippen LogP contribution is -2.02. The lowest BCUT2D eigenvalue weighted by Gasteiger charge is -2.18. The van der Waals surface area contributed by atoms with Crippen molar-refractivity contribution in [3.8, 4) is 0 Å². The molecule has 1 fully saturated rings. The molecule has 2 aliphatic rings. The Morgan fingerprint density at radius 2 is 1.28 bits per heavy atom. The molecule has 1 heteroatoms. The highest BCUT2D eigenvalue weighted by atomic mass is 16.1. The number of ketones is 1. The predicted octanol–water partition coefficient (Wildman–Crippen LogP) is 6.39. The molecule has 0 heterocycles. The van der Waals surface area contributed by atoms with E-state index in [4.69, 9.17) is 0 Å². The first-order valence-corrected chi connectivity index (χ1v) is 9.77. The van der Waals surface area contributed by atoms with Crippen molar-refractivity contribution in [1.82, 2.24) is 0 Å². The van der Waals surface area contributed by atoms with E-state index in [0.29, 0.717) is 5.78 Å². The first-order chi connectivity index (χ1) is 12.3. The highest BCUT2D eigenvalue weighted by molar-refractivity contribution is 6.08. The Kier molecular flexibility index (Phi) is 4.83. The van der Waals surface area contributed by atoms with E-state index in [0.717, 1.165) is 25.7 Å². The number of hydrogen-bond acceptors (Lipinski definition) is 1. The van der Waals surface area contributed by atoms with Crippen LogP contribution in [0.25, 0.3) is 21.5 Å². The Morgan fingerprint density at radius 1 is 0.560 bits per heavy atom. The van der Waals surface area contributed by atoms with Gasteiger partial charge in [0, 0.05) is 12.8 Å². The van der Waals surface area contributed by atoms with Gasteiger partial charge in [0.05, 0.1) is 0 Å². The van der Waals surface area contributed by atoms with Crippen LogP contribution in [-0.4, -0.2) is 5.78 Å². The average molecular weight is 330 g/mol. The Morgan fingerprint density at radius 3 is 2.08 bits per heavy atom. The highest BCUT2D eigenvalue weighted by Gasteiger charge is 2.13. The van der Waals surface area contributed by atoms with Crippen molar-refractivity contribution in [3.63, 3.8) is 0 Å². The van der Waals surface area contributed by atoms with Crippen molar-refractivity contribution in [2.45, 2.75) is 57.8 Å². The largest absolute Gasteiger partial charge is 0.300 e. The Balaban J connectivity index is 0.000000190. The van der Waals surface area contributed by atoms with Gasteiger partial charge in [-0.15, -0.1) is 0 Å². The fraction of sp³-hybridized carbons (Fsp3) is 0.375. The molecule has 0 atom stereocenters. The molecular weight excluding hydrogens is 304 g/mol. The second-order valence-electron chi connectivity index (χ2n) is 7.39. The van der Waals surface area contributed by atoms with Crippen LogP contribution in [-0.2, 0) is 17.6 Å². The molecule has 5 rings (SSSR count). The predicted molar refractivity (Wildman–Crippen MR) is 106 cm³/mol. The number of Topliss-reactive ketones (excluding diaryl/α,β-unsaturated/α-hetero) is 1. The van der Waals surface area contributed by atoms with E-state index in [1.165, 1.54) is 53.6 Å². The minimum atomic E-state index is 0.464. The molecule has 0 amide bonds. The maximum Gasteiger partial charge on any atom is 0.132 e. The number of rotatable bonds is 0. The fourth-order valence-corrected chi connectivity index (χ4v) is 4.29. The van der Waals surface area contributed by atoms with Crippen molar-refractivity contribution < 1.29 is 4.79 Å². The zero-order valence-electron chi connectivity index (χ0n) is 14.9. The minimum absolute atomic E-state index is 0.464. The molecule has 3 aromatic carbocycles. The lowest BCUT2D eigenvalue weighted by atomic mass is 9.86. The quantitative estimate of drug-likeness (QED) is 0.436. The molecule has 0 bridgehead atoms. The summed E-state index contributed by atoms with van der Waals surface area (Å²) in [5.41, 5.74) is 3.17. The van der Waals surface area contributed by atoms with Gasteiger partial charge in [-0.05, 0) is 71.2 Å². The van der Waals surface area contributed by atoms with Gasteiger partial charge in [0.25, 0.3) is 0 Å². The van der Waals surface area contributed by atoms with E-state index in [2.05, 4.69) is 48.5 Å². The van der Waals surface area contributed by atoms with E-state index in [1.807, 2.05) is 0 Å². The van der Waals surface area contributed by atoms with Crippen LogP contribution in [0, 0.1) is 0 Å². The summed E-state index contributed by atoms with van der Waals surface area (Å²) in [6, 6.07) is 18.0. The van der Waals surface area contributed by atoms with Crippen LogP contribution in [0.2, 0.25) is 0 Å². The fourth-order valence-electron chi connectivity index (χ4n) is 4.29. The van der Waals surface area contributed by atoms with E-state index >= 15 is 0 Å². The van der Waals surface area contributed by atoms with Crippen LogP contribution in [0.1, 0.15) is 56.1 Å². The van der Waals surface area contributed by atoms with Gasteiger partial charge >= 0.3 is 0 Å². The minimum Gasteiger partial charge on any atom is -0.300 e. The van der Waals surface area contributed by atoms with Gasteiger partial charge in [0.15, 0.2) is 0 Å². The average Bonchev–Trinajstić information content (AvgIpc) is 2.68. The molecule has 0 spiro atoms. The van der Waals surface area contributed by atoms with Crippen LogP contribution in [0.15, 0.2) is 48.5 Å².